The van der Waals surface area contributed by atoms with Crippen molar-refractivity contribution in [3.63, 3.8) is 0 Å². The molecule has 1 amide bonds. The van der Waals surface area contributed by atoms with Crippen LogP contribution in [0.25, 0.3) is 0 Å². The molecule has 110 valence electrons. The smallest absolute Gasteiger partial charge is 0.326 e. The second-order valence-corrected chi connectivity index (χ2v) is 6.95. The largest absolute Gasteiger partial charge is 0.329 e. The molecule has 20 heavy (non-hydrogen) atoms. The molecule has 1 aromatic rings. The number of benzene rings is 1. The van der Waals surface area contributed by atoms with Crippen molar-refractivity contribution in [3.05, 3.63) is 29.8 Å². The van der Waals surface area contributed by atoms with Gasteiger partial charge in [-0.15, -0.1) is 0 Å². The Kier molecular flexibility index (Phi) is 4.97. The fourth-order valence-corrected chi connectivity index (χ4v) is 3.32. The Bertz CT molecular complexity index is 520. The molecule has 1 aromatic carbocycles. The SMILES string of the molecule is O=C(Nc1ccccc1CP(=O)(O)O)C1CCCCC1. The highest BCUT2D eigenvalue weighted by atomic mass is 31.2. The van der Waals surface area contributed by atoms with Gasteiger partial charge in [0.15, 0.2) is 0 Å². The van der Waals surface area contributed by atoms with E-state index in [0.29, 0.717) is 11.3 Å². The Balaban J connectivity index is 2.08. The number of rotatable bonds is 4. The summed E-state index contributed by atoms with van der Waals surface area (Å²) in [5, 5.41) is 2.82. The van der Waals surface area contributed by atoms with Gasteiger partial charge in [-0.3, -0.25) is 9.36 Å². The maximum atomic E-state index is 12.2. The van der Waals surface area contributed by atoms with Crippen molar-refractivity contribution in [2.24, 2.45) is 5.92 Å². The van der Waals surface area contributed by atoms with Crippen LogP contribution in [0.2, 0.25) is 0 Å². The highest BCUT2D eigenvalue weighted by Gasteiger charge is 2.23. The minimum absolute atomic E-state index is 0.0202. The molecule has 1 fully saturated rings. The van der Waals surface area contributed by atoms with E-state index in [1.165, 1.54) is 6.42 Å². The molecular formula is C14H20NO4P. The third-order valence-electron chi connectivity index (χ3n) is 3.63. The van der Waals surface area contributed by atoms with Crippen molar-refractivity contribution in [1.82, 2.24) is 0 Å². The van der Waals surface area contributed by atoms with E-state index in [0.717, 1.165) is 25.7 Å². The standard InChI is InChI=1S/C14H20NO4P/c16-14(11-6-2-1-3-7-11)15-13-9-5-4-8-12(13)10-20(17,18)19/h4-5,8-9,11H,1-3,6-7,10H2,(H,15,16)(H2,17,18,19). The van der Waals surface area contributed by atoms with Crippen LogP contribution in [-0.2, 0) is 15.5 Å². The molecule has 1 saturated carbocycles. The van der Waals surface area contributed by atoms with Crippen LogP contribution in [0.3, 0.4) is 0 Å². The van der Waals surface area contributed by atoms with Gasteiger partial charge in [-0.25, -0.2) is 0 Å². The second-order valence-electron chi connectivity index (χ2n) is 5.30. The van der Waals surface area contributed by atoms with Crippen LogP contribution in [0.4, 0.5) is 5.69 Å². The molecule has 0 bridgehead atoms. The lowest BCUT2D eigenvalue weighted by molar-refractivity contribution is -0.120. The van der Waals surface area contributed by atoms with Crippen molar-refractivity contribution in [1.29, 1.82) is 0 Å². The number of anilines is 1. The fraction of sp³-hybridized carbons (Fsp3) is 0.500. The number of nitrogens with one attached hydrogen (secondary N) is 1. The van der Waals surface area contributed by atoms with E-state index in [2.05, 4.69) is 5.32 Å². The Morgan fingerprint density at radius 2 is 1.85 bits per heavy atom. The van der Waals surface area contributed by atoms with Crippen LogP contribution >= 0.6 is 7.60 Å². The molecule has 6 heteroatoms. The number of hydrogen-bond donors (Lipinski definition) is 3. The first-order valence-electron chi connectivity index (χ1n) is 6.89. The van der Waals surface area contributed by atoms with E-state index in [1.54, 1.807) is 24.3 Å². The van der Waals surface area contributed by atoms with Crippen molar-refractivity contribution in [3.8, 4) is 0 Å². The summed E-state index contributed by atoms with van der Waals surface area (Å²) in [6.07, 6.45) is 4.76. The number of hydrogen-bond acceptors (Lipinski definition) is 2. The van der Waals surface area contributed by atoms with E-state index in [9.17, 15) is 9.36 Å². The maximum Gasteiger partial charge on any atom is 0.329 e. The lowest BCUT2D eigenvalue weighted by atomic mass is 9.88. The fourth-order valence-electron chi connectivity index (χ4n) is 2.60. The third-order valence-corrected chi connectivity index (χ3v) is 4.38. The molecule has 1 aliphatic rings. The minimum Gasteiger partial charge on any atom is -0.326 e. The molecule has 5 nitrogen and oxygen atoms in total. The summed E-state index contributed by atoms with van der Waals surface area (Å²) in [6.45, 7) is 0. The number of amides is 1. The van der Waals surface area contributed by atoms with Crippen LogP contribution in [0.15, 0.2) is 24.3 Å². The summed E-state index contributed by atoms with van der Waals surface area (Å²) in [5.74, 6) is -0.0188. The van der Waals surface area contributed by atoms with Crippen molar-refractivity contribution >= 4 is 19.2 Å². The maximum absolute atomic E-state index is 12.2. The molecule has 2 rings (SSSR count). The van der Waals surface area contributed by atoms with Gasteiger partial charge in [-0.05, 0) is 24.5 Å². The first-order valence-corrected chi connectivity index (χ1v) is 8.69. The molecule has 0 aliphatic heterocycles. The van der Waals surface area contributed by atoms with Gasteiger partial charge in [0.2, 0.25) is 5.91 Å². The average molecular weight is 297 g/mol. The predicted molar refractivity (Wildman–Crippen MR) is 77.4 cm³/mol. The van der Waals surface area contributed by atoms with E-state index < -0.39 is 7.60 Å². The predicted octanol–water partition coefficient (Wildman–Crippen LogP) is 2.88. The van der Waals surface area contributed by atoms with E-state index >= 15 is 0 Å². The third kappa shape index (κ3) is 4.44. The first kappa shape index (κ1) is 15.2. The monoisotopic (exact) mass is 297 g/mol. The minimum atomic E-state index is -4.14. The summed E-state index contributed by atoms with van der Waals surface area (Å²) >= 11 is 0. The van der Waals surface area contributed by atoms with Crippen molar-refractivity contribution in [2.45, 2.75) is 38.3 Å². The van der Waals surface area contributed by atoms with Gasteiger partial charge in [0.25, 0.3) is 0 Å². The highest BCUT2D eigenvalue weighted by molar-refractivity contribution is 7.50. The van der Waals surface area contributed by atoms with Crippen LogP contribution in [0.1, 0.15) is 37.7 Å². The van der Waals surface area contributed by atoms with Crippen molar-refractivity contribution in [2.75, 3.05) is 5.32 Å². The normalized spacial score (nSPS) is 16.9. The average Bonchev–Trinajstić information content (AvgIpc) is 2.40. The number of para-hydroxylation sites is 1. The Labute approximate surface area is 118 Å². The quantitative estimate of drug-likeness (QED) is 0.746. The lowest BCUT2D eigenvalue weighted by Gasteiger charge is -2.21. The molecular weight excluding hydrogens is 277 g/mol. The van der Waals surface area contributed by atoms with E-state index in [1.807, 2.05) is 0 Å². The topological polar surface area (TPSA) is 86.6 Å². The molecule has 0 radical (unpaired) electrons. The second kappa shape index (κ2) is 6.53. The van der Waals surface area contributed by atoms with E-state index in [4.69, 9.17) is 9.79 Å². The molecule has 0 atom stereocenters. The van der Waals surface area contributed by atoms with Gasteiger partial charge in [-0.2, -0.15) is 0 Å². The van der Waals surface area contributed by atoms with Crippen molar-refractivity contribution < 1.29 is 19.1 Å². The molecule has 0 saturated heterocycles. The van der Waals surface area contributed by atoms with Gasteiger partial charge in [0.05, 0.1) is 6.16 Å². The first-order chi connectivity index (χ1) is 9.46. The molecule has 1 aliphatic carbocycles. The molecule has 0 aromatic heterocycles. The summed E-state index contributed by atoms with van der Waals surface area (Å²) < 4.78 is 11.1. The van der Waals surface area contributed by atoms with Crippen LogP contribution in [0.5, 0.6) is 0 Å². The van der Waals surface area contributed by atoms with Gasteiger partial charge in [-0.1, -0.05) is 37.5 Å². The summed E-state index contributed by atoms with van der Waals surface area (Å²) in [6, 6.07) is 6.78. The van der Waals surface area contributed by atoms with Gasteiger partial charge < -0.3 is 15.1 Å². The van der Waals surface area contributed by atoms with Crippen LogP contribution in [-0.4, -0.2) is 15.7 Å². The lowest BCUT2D eigenvalue weighted by Crippen LogP contribution is -2.25. The Morgan fingerprint density at radius 3 is 2.50 bits per heavy atom. The number of carbonyl (C=O) groups excluding carboxylic acids is 1. The highest BCUT2D eigenvalue weighted by Crippen LogP contribution is 2.41. The Hall–Kier alpha value is -1.16. The zero-order chi connectivity index (χ0) is 14.6. The van der Waals surface area contributed by atoms with Crippen LogP contribution in [0, 0.1) is 5.92 Å². The van der Waals surface area contributed by atoms with Crippen LogP contribution < -0.4 is 5.32 Å². The van der Waals surface area contributed by atoms with E-state index in [-0.39, 0.29) is 18.0 Å². The van der Waals surface area contributed by atoms with Gasteiger partial charge in [0.1, 0.15) is 0 Å². The Morgan fingerprint density at radius 1 is 1.20 bits per heavy atom. The van der Waals surface area contributed by atoms with Gasteiger partial charge >= 0.3 is 7.60 Å². The summed E-state index contributed by atoms with van der Waals surface area (Å²) in [7, 11) is -4.14. The zero-order valence-electron chi connectivity index (χ0n) is 11.3. The molecule has 0 unspecified atom stereocenters. The summed E-state index contributed by atoms with van der Waals surface area (Å²) in [4.78, 5) is 30.3. The summed E-state index contributed by atoms with van der Waals surface area (Å²) in [5.41, 5.74) is 0.983. The van der Waals surface area contributed by atoms with Gasteiger partial charge in [0, 0.05) is 11.6 Å². The zero-order valence-corrected chi connectivity index (χ0v) is 12.2. The molecule has 0 spiro atoms. The molecule has 0 heterocycles. The molecule has 3 N–H and O–H groups in total. The number of carbonyl (C=O) groups is 1.